The van der Waals surface area contributed by atoms with Gasteiger partial charge in [-0.05, 0) is 111 Å². The van der Waals surface area contributed by atoms with Crippen LogP contribution in [0, 0.1) is 5.92 Å². The molecule has 340 valence electrons. The molecule has 11 heteroatoms. The number of aliphatic hydroxyl groups excluding tert-OH is 1. The molecule has 2 saturated heterocycles. The summed E-state index contributed by atoms with van der Waals surface area (Å²) in [6.45, 7) is 10.9. The first-order valence-electron chi connectivity index (χ1n) is 22.5. The Morgan fingerprint density at radius 3 is 1.69 bits per heavy atom. The van der Waals surface area contributed by atoms with E-state index in [-0.39, 0.29) is 18.6 Å². The summed E-state index contributed by atoms with van der Waals surface area (Å²) in [5, 5.41) is 41.5. The van der Waals surface area contributed by atoms with Crippen molar-refractivity contribution >= 4 is 23.5 Å². The second-order valence-corrected chi connectivity index (χ2v) is 17.9. The van der Waals surface area contributed by atoms with Crippen molar-refractivity contribution in [3.05, 3.63) is 178 Å². The van der Waals surface area contributed by atoms with Gasteiger partial charge in [0.05, 0.1) is 24.2 Å². The summed E-state index contributed by atoms with van der Waals surface area (Å²) in [5.74, 6) is -1.66. The van der Waals surface area contributed by atoms with Crippen LogP contribution < -0.4 is 0 Å². The highest BCUT2D eigenvalue weighted by Crippen LogP contribution is 2.42. The van der Waals surface area contributed by atoms with Gasteiger partial charge in [-0.25, -0.2) is 4.79 Å². The summed E-state index contributed by atoms with van der Waals surface area (Å²) in [6.07, 6.45) is 2.77. The third kappa shape index (κ3) is 12.9. The summed E-state index contributed by atoms with van der Waals surface area (Å²) in [4.78, 5) is 29.2. The molecular weight excluding hydrogens is 826 g/mol. The van der Waals surface area contributed by atoms with Gasteiger partial charge in [0, 0.05) is 37.7 Å². The number of carbonyl (C=O) groups is 2. The Bertz CT molecular complexity index is 2120. The lowest BCUT2D eigenvalue weighted by atomic mass is 9.72. The predicted octanol–water partition coefficient (Wildman–Crippen LogP) is 8.66. The number of ether oxygens (including phenoxy) is 1. The van der Waals surface area contributed by atoms with Crippen molar-refractivity contribution in [2.24, 2.45) is 5.92 Å². The lowest BCUT2D eigenvalue weighted by Crippen LogP contribution is -2.48. The number of piperidine rings is 1. The highest BCUT2D eigenvalue weighted by molar-refractivity contribution is 6.30. The molecule has 2 heterocycles. The summed E-state index contributed by atoms with van der Waals surface area (Å²) in [6, 6.07) is 46.1. The van der Waals surface area contributed by atoms with Crippen LogP contribution in [0.15, 0.2) is 140 Å². The zero-order valence-electron chi connectivity index (χ0n) is 37.1. The molecule has 0 bridgehead atoms. The number of benzene rings is 5. The maximum absolute atomic E-state index is 12.1. The van der Waals surface area contributed by atoms with Crippen LogP contribution in [-0.2, 0) is 25.3 Å². The second kappa shape index (κ2) is 23.3. The van der Waals surface area contributed by atoms with Crippen molar-refractivity contribution in [1.82, 2.24) is 14.7 Å². The highest BCUT2D eigenvalue weighted by atomic mass is 35.5. The third-order valence-corrected chi connectivity index (χ3v) is 13.2. The van der Waals surface area contributed by atoms with Crippen LogP contribution in [0.1, 0.15) is 85.1 Å². The zero-order chi connectivity index (χ0) is 45.5. The topological polar surface area (TPSA) is 134 Å². The maximum Gasteiger partial charge on any atom is 0.329 e. The Labute approximate surface area is 383 Å². The van der Waals surface area contributed by atoms with Gasteiger partial charge in [-0.3, -0.25) is 14.6 Å². The zero-order valence-corrected chi connectivity index (χ0v) is 37.9. The lowest BCUT2D eigenvalue weighted by Gasteiger charge is -2.42. The van der Waals surface area contributed by atoms with E-state index in [1.807, 2.05) is 91.0 Å². The molecule has 1 unspecified atom stereocenters. The number of nitrogens with zero attached hydrogens (tertiary/aromatic N) is 3. The van der Waals surface area contributed by atoms with Crippen molar-refractivity contribution in [1.29, 1.82) is 0 Å². The second-order valence-electron chi connectivity index (χ2n) is 17.5. The number of hydrogen-bond acceptors (Lipinski definition) is 8. The van der Waals surface area contributed by atoms with Gasteiger partial charge >= 0.3 is 11.9 Å². The van der Waals surface area contributed by atoms with Gasteiger partial charge in [0.2, 0.25) is 0 Å². The first-order valence-corrected chi connectivity index (χ1v) is 22.9. The van der Waals surface area contributed by atoms with Crippen molar-refractivity contribution in [3.8, 4) is 0 Å². The van der Waals surface area contributed by atoms with E-state index >= 15 is 0 Å². The van der Waals surface area contributed by atoms with Crippen molar-refractivity contribution in [2.75, 3.05) is 65.6 Å². The van der Waals surface area contributed by atoms with Gasteiger partial charge in [0.1, 0.15) is 12.2 Å². The van der Waals surface area contributed by atoms with Crippen molar-refractivity contribution in [3.63, 3.8) is 0 Å². The summed E-state index contributed by atoms with van der Waals surface area (Å²) in [7, 11) is 0. The molecule has 2 atom stereocenters. The van der Waals surface area contributed by atoms with E-state index in [2.05, 4.69) is 51.1 Å². The molecule has 0 saturated carbocycles. The number of rotatable bonds is 18. The van der Waals surface area contributed by atoms with E-state index in [1.165, 1.54) is 11.1 Å². The predicted molar refractivity (Wildman–Crippen MR) is 253 cm³/mol. The highest BCUT2D eigenvalue weighted by Gasteiger charge is 2.41. The lowest BCUT2D eigenvalue weighted by molar-refractivity contribution is -0.143. The van der Waals surface area contributed by atoms with Crippen LogP contribution in [-0.4, -0.2) is 113 Å². The van der Waals surface area contributed by atoms with Gasteiger partial charge < -0.3 is 30.1 Å². The number of aliphatic hydroxyl groups is 2. The fourth-order valence-electron chi connectivity index (χ4n) is 9.01. The molecule has 4 N–H and O–H groups in total. The fraction of sp³-hybridized carbons (Fsp3) is 0.396. The molecule has 0 amide bonds. The largest absolute Gasteiger partial charge is 0.481 e. The van der Waals surface area contributed by atoms with E-state index in [1.54, 1.807) is 26.0 Å². The number of piperazine rings is 1. The number of likely N-dealkylation sites (tertiary alicyclic amines) is 1. The van der Waals surface area contributed by atoms with E-state index in [0.29, 0.717) is 13.0 Å². The number of carboxylic acid groups (broad SMARTS) is 2. The molecule has 64 heavy (non-hydrogen) atoms. The number of aliphatic carboxylic acids is 2. The Hall–Kier alpha value is -4.91. The molecule has 5 aromatic carbocycles. The van der Waals surface area contributed by atoms with Crippen LogP contribution in [0.25, 0.3) is 0 Å². The van der Waals surface area contributed by atoms with E-state index < -0.39 is 29.1 Å². The minimum atomic E-state index is -1.01. The van der Waals surface area contributed by atoms with Crippen molar-refractivity contribution in [2.45, 2.75) is 62.7 Å². The number of hydrogen-bond donors (Lipinski definition) is 4. The van der Waals surface area contributed by atoms with Crippen molar-refractivity contribution < 1.29 is 34.8 Å². The normalized spacial score (nSPS) is 16.6. The van der Waals surface area contributed by atoms with Crippen LogP contribution in [0.5, 0.6) is 0 Å². The van der Waals surface area contributed by atoms with Crippen LogP contribution in [0.3, 0.4) is 0 Å². The molecule has 5 aromatic rings. The standard InChI is InChI=1S/C32H39NO4.C21H25ClN2O3/c1-31(2,30(35)36)25-17-15-24(16-18-25)29(34)14-9-21-33-22-19-28(20-23-33)32(37,26-10-5-3-6-11-26)27-12-7-4-8-13-27;22-19-8-6-18(7-9-19)21(17-4-2-1-3-5-17)24-12-10-23(11-13-24)14-15-27-16-20(25)26/h3-8,10-13,15-18,28-29,34,37H,9,14,19-23H2,1-2H3,(H,35,36);1-9,21H,10-16H2,(H,25,26)/t;21-/m.1/s1. The monoisotopic (exact) mass is 889 g/mol. The third-order valence-electron chi connectivity index (χ3n) is 13.0. The Morgan fingerprint density at radius 2 is 1.16 bits per heavy atom. The molecule has 2 aliphatic rings. The summed E-state index contributed by atoms with van der Waals surface area (Å²) < 4.78 is 5.15. The number of carboxylic acids is 2. The molecule has 0 aromatic heterocycles. The molecule has 7 rings (SSSR count). The summed E-state index contributed by atoms with van der Waals surface area (Å²) >= 11 is 6.08. The van der Waals surface area contributed by atoms with Crippen LogP contribution in [0.4, 0.5) is 0 Å². The molecule has 0 spiro atoms. The minimum absolute atomic E-state index is 0.132. The first kappa shape index (κ1) is 48.5. The molecule has 2 aliphatic heterocycles. The van der Waals surface area contributed by atoms with Gasteiger partial charge in [0.25, 0.3) is 0 Å². The number of halogens is 1. The quantitative estimate of drug-likeness (QED) is 0.0634. The van der Waals surface area contributed by atoms with Gasteiger partial charge in [-0.2, -0.15) is 0 Å². The average Bonchev–Trinajstić information content (AvgIpc) is 3.32. The van der Waals surface area contributed by atoms with Crippen LogP contribution >= 0.6 is 11.6 Å². The van der Waals surface area contributed by atoms with E-state index in [9.17, 15) is 24.9 Å². The Kier molecular flexibility index (Phi) is 17.7. The molecule has 0 radical (unpaired) electrons. The van der Waals surface area contributed by atoms with E-state index in [0.717, 1.165) is 98.9 Å². The molecular formula is C53H64ClN3O7. The maximum atomic E-state index is 12.1. The molecule has 0 aliphatic carbocycles. The SMILES string of the molecule is CC(C)(C(=O)O)c1ccc(C(O)CCCN2CCC(C(O)(c3ccccc3)c3ccccc3)CC2)cc1.O=C(O)COCCN1CCN([C@H](c2ccccc2)c2ccc(Cl)cc2)CC1. The van der Waals surface area contributed by atoms with Crippen LogP contribution in [0.2, 0.25) is 5.02 Å². The molecule has 10 nitrogen and oxygen atoms in total. The Balaban J connectivity index is 0.000000223. The smallest absolute Gasteiger partial charge is 0.329 e. The first-order chi connectivity index (χ1) is 30.9. The van der Waals surface area contributed by atoms with E-state index in [4.69, 9.17) is 21.4 Å². The minimum Gasteiger partial charge on any atom is -0.481 e. The average molecular weight is 891 g/mol. The summed E-state index contributed by atoms with van der Waals surface area (Å²) in [5.41, 5.74) is 3.99. The fourth-order valence-corrected chi connectivity index (χ4v) is 9.14. The van der Waals surface area contributed by atoms with Gasteiger partial charge in [-0.15, -0.1) is 0 Å². The Morgan fingerprint density at radius 1 is 0.656 bits per heavy atom. The van der Waals surface area contributed by atoms with Gasteiger partial charge in [0.15, 0.2) is 0 Å². The van der Waals surface area contributed by atoms with Gasteiger partial charge in [-0.1, -0.05) is 139 Å². The molecule has 2 fully saturated rings.